The van der Waals surface area contributed by atoms with Gasteiger partial charge in [0, 0.05) is 13.6 Å². The first-order chi connectivity index (χ1) is 8.58. The Bertz CT molecular complexity index is 547. The third-order valence-electron chi connectivity index (χ3n) is 3.34. The van der Waals surface area contributed by atoms with E-state index in [1.54, 1.807) is 0 Å². The molecule has 0 saturated carbocycles. The number of nitrogens with two attached hydrogens (primary N) is 1. The molecular weight excluding hydrogens is 220 g/mol. The monoisotopic (exact) mass is 240 g/mol. The fourth-order valence-corrected chi connectivity index (χ4v) is 2.10. The SMILES string of the molecule is Cc1ccc(CN(C)c2ccccc2N)cc1C. The molecule has 2 N–H and O–H groups in total. The molecule has 0 radical (unpaired) electrons. The van der Waals surface area contributed by atoms with Crippen LogP contribution in [0.1, 0.15) is 16.7 Å². The molecule has 0 aliphatic rings. The van der Waals surface area contributed by atoms with Crippen molar-refractivity contribution in [3.05, 3.63) is 59.2 Å². The first-order valence-electron chi connectivity index (χ1n) is 6.19. The predicted octanol–water partition coefficient (Wildman–Crippen LogP) is 3.52. The second-order valence-electron chi connectivity index (χ2n) is 4.83. The van der Waals surface area contributed by atoms with Crippen molar-refractivity contribution >= 4 is 11.4 Å². The molecule has 94 valence electrons. The number of hydrogen-bond donors (Lipinski definition) is 1. The van der Waals surface area contributed by atoms with Gasteiger partial charge in [-0.1, -0.05) is 30.3 Å². The van der Waals surface area contributed by atoms with Crippen molar-refractivity contribution in [3.63, 3.8) is 0 Å². The average molecular weight is 240 g/mol. The fourth-order valence-electron chi connectivity index (χ4n) is 2.10. The quantitative estimate of drug-likeness (QED) is 0.832. The average Bonchev–Trinajstić information content (AvgIpc) is 2.34. The fraction of sp³-hybridized carbons (Fsp3) is 0.250. The summed E-state index contributed by atoms with van der Waals surface area (Å²) in [5, 5.41) is 0. The van der Waals surface area contributed by atoms with E-state index in [-0.39, 0.29) is 0 Å². The van der Waals surface area contributed by atoms with Crippen molar-refractivity contribution in [1.82, 2.24) is 0 Å². The van der Waals surface area contributed by atoms with Crippen LogP contribution < -0.4 is 10.6 Å². The minimum Gasteiger partial charge on any atom is -0.397 e. The molecule has 2 aromatic carbocycles. The molecule has 0 bridgehead atoms. The maximum Gasteiger partial charge on any atom is 0.0600 e. The molecule has 0 aliphatic carbocycles. The highest BCUT2D eigenvalue weighted by atomic mass is 15.1. The van der Waals surface area contributed by atoms with Crippen molar-refractivity contribution in [2.75, 3.05) is 17.7 Å². The van der Waals surface area contributed by atoms with Gasteiger partial charge in [-0.15, -0.1) is 0 Å². The number of benzene rings is 2. The summed E-state index contributed by atoms with van der Waals surface area (Å²) >= 11 is 0. The van der Waals surface area contributed by atoms with E-state index in [0.717, 1.165) is 17.9 Å². The summed E-state index contributed by atoms with van der Waals surface area (Å²) in [7, 11) is 2.07. The van der Waals surface area contributed by atoms with Crippen LogP contribution in [-0.4, -0.2) is 7.05 Å². The van der Waals surface area contributed by atoms with Crippen molar-refractivity contribution in [1.29, 1.82) is 0 Å². The smallest absolute Gasteiger partial charge is 0.0600 e. The van der Waals surface area contributed by atoms with Crippen LogP contribution in [0.2, 0.25) is 0 Å². The van der Waals surface area contributed by atoms with Gasteiger partial charge in [0.15, 0.2) is 0 Å². The lowest BCUT2D eigenvalue weighted by Crippen LogP contribution is -2.17. The third kappa shape index (κ3) is 2.65. The Labute approximate surface area is 109 Å². The van der Waals surface area contributed by atoms with Gasteiger partial charge in [-0.3, -0.25) is 0 Å². The third-order valence-corrected chi connectivity index (χ3v) is 3.34. The number of para-hydroxylation sites is 2. The largest absolute Gasteiger partial charge is 0.397 e. The van der Waals surface area contributed by atoms with Crippen LogP contribution in [0.15, 0.2) is 42.5 Å². The number of aryl methyl sites for hydroxylation is 2. The molecule has 2 heteroatoms. The molecule has 0 aliphatic heterocycles. The van der Waals surface area contributed by atoms with E-state index in [9.17, 15) is 0 Å². The molecule has 0 atom stereocenters. The van der Waals surface area contributed by atoms with Crippen LogP contribution in [-0.2, 0) is 6.54 Å². The zero-order valence-electron chi connectivity index (χ0n) is 11.3. The molecule has 18 heavy (non-hydrogen) atoms. The van der Waals surface area contributed by atoms with E-state index >= 15 is 0 Å². The van der Waals surface area contributed by atoms with Gasteiger partial charge in [-0.05, 0) is 42.7 Å². The zero-order valence-corrected chi connectivity index (χ0v) is 11.3. The zero-order chi connectivity index (χ0) is 13.1. The maximum atomic E-state index is 5.99. The first kappa shape index (κ1) is 12.5. The van der Waals surface area contributed by atoms with E-state index in [2.05, 4.69) is 50.1 Å². The normalized spacial score (nSPS) is 10.4. The van der Waals surface area contributed by atoms with Crippen LogP contribution in [0.25, 0.3) is 0 Å². The Morgan fingerprint density at radius 1 is 1.00 bits per heavy atom. The Balaban J connectivity index is 2.19. The molecule has 0 heterocycles. The van der Waals surface area contributed by atoms with Crippen LogP contribution in [0, 0.1) is 13.8 Å². The van der Waals surface area contributed by atoms with Crippen LogP contribution >= 0.6 is 0 Å². The van der Waals surface area contributed by atoms with Crippen molar-refractivity contribution in [2.45, 2.75) is 20.4 Å². The van der Waals surface area contributed by atoms with Gasteiger partial charge in [-0.25, -0.2) is 0 Å². The summed E-state index contributed by atoms with van der Waals surface area (Å²) in [5.74, 6) is 0. The van der Waals surface area contributed by atoms with Gasteiger partial charge in [0.2, 0.25) is 0 Å². The first-order valence-corrected chi connectivity index (χ1v) is 6.19. The van der Waals surface area contributed by atoms with Gasteiger partial charge >= 0.3 is 0 Å². The highest BCUT2D eigenvalue weighted by molar-refractivity contribution is 5.66. The Morgan fingerprint density at radius 3 is 2.39 bits per heavy atom. The number of anilines is 2. The molecule has 2 aromatic rings. The Hall–Kier alpha value is -1.96. The Morgan fingerprint density at radius 2 is 1.72 bits per heavy atom. The molecule has 0 aromatic heterocycles. The topological polar surface area (TPSA) is 29.3 Å². The number of hydrogen-bond acceptors (Lipinski definition) is 2. The maximum absolute atomic E-state index is 5.99. The second kappa shape index (κ2) is 5.13. The van der Waals surface area contributed by atoms with Crippen LogP contribution in [0.4, 0.5) is 11.4 Å². The number of nitrogens with zero attached hydrogens (tertiary/aromatic N) is 1. The summed E-state index contributed by atoms with van der Waals surface area (Å²) in [4.78, 5) is 2.18. The summed E-state index contributed by atoms with van der Waals surface area (Å²) in [6, 6.07) is 14.6. The molecule has 0 unspecified atom stereocenters. The molecular formula is C16H20N2. The summed E-state index contributed by atoms with van der Waals surface area (Å²) < 4.78 is 0. The van der Waals surface area contributed by atoms with E-state index < -0.39 is 0 Å². The van der Waals surface area contributed by atoms with E-state index in [4.69, 9.17) is 5.73 Å². The standard InChI is InChI=1S/C16H20N2/c1-12-8-9-14(10-13(12)2)11-18(3)16-7-5-4-6-15(16)17/h4-10H,11,17H2,1-3H3. The van der Waals surface area contributed by atoms with Gasteiger partial charge in [0.25, 0.3) is 0 Å². The van der Waals surface area contributed by atoms with Gasteiger partial charge in [-0.2, -0.15) is 0 Å². The molecule has 2 rings (SSSR count). The van der Waals surface area contributed by atoms with Gasteiger partial charge in [0.05, 0.1) is 11.4 Å². The number of nitrogen functional groups attached to an aromatic ring is 1. The number of rotatable bonds is 3. The lowest BCUT2D eigenvalue weighted by atomic mass is 10.1. The van der Waals surface area contributed by atoms with E-state index in [1.807, 2.05) is 18.2 Å². The molecule has 0 saturated heterocycles. The van der Waals surface area contributed by atoms with Gasteiger partial charge in [0.1, 0.15) is 0 Å². The van der Waals surface area contributed by atoms with Crippen molar-refractivity contribution < 1.29 is 0 Å². The highest BCUT2D eigenvalue weighted by Crippen LogP contribution is 2.23. The minimum atomic E-state index is 0.823. The molecule has 0 fully saturated rings. The summed E-state index contributed by atoms with van der Waals surface area (Å²) in [6.07, 6.45) is 0. The second-order valence-corrected chi connectivity index (χ2v) is 4.83. The summed E-state index contributed by atoms with van der Waals surface area (Å²) in [5.41, 5.74) is 11.9. The van der Waals surface area contributed by atoms with E-state index in [1.165, 1.54) is 16.7 Å². The van der Waals surface area contributed by atoms with Gasteiger partial charge < -0.3 is 10.6 Å². The molecule has 0 amide bonds. The van der Waals surface area contributed by atoms with Crippen LogP contribution in [0.5, 0.6) is 0 Å². The van der Waals surface area contributed by atoms with Crippen molar-refractivity contribution in [3.8, 4) is 0 Å². The lowest BCUT2D eigenvalue weighted by Gasteiger charge is -2.21. The summed E-state index contributed by atoms with van der Waals surface area (Å²) in [6.45, 7) is 5.16. The molecule has 2 nitrogen and oxygen atoms in total. The van der Waals surface area contributed by atoms with E-state index in [0.29, 0.717) is 0 Å². The van der Waals surface area contributed by atoms with Crippen LogP contribution in [0.3, 0.4) is 0 Å². The predicted molar refractivity (Wildman–Crippen MR) is 78.9 cm³/mol. The highest BCUT2D eigenvalue weighted by Gasteiger charge is 2.05. The Kier molecular flexibility index (Phi) is 3.56. The minimum absolute atomic E-state index is 0.823. The van der Waals surface area contributed by atoms with Crippen molar-refractivity contribution in [2.24, 2.45) is 0 Å². The molecule has 0 spiro atoms. The lowest BCUT2D eigenvalue weighted by molar-refractivity contribution is 0.922.